The molecule has 34 heteroatoms. The Hall–Kier alpha value is -9.41. The van der Waals surface area contributed by atoms with Crippen LogP contribution in [-0.4, -0.2) is 227 Å². The van der Waals surface area contributed by atoms with Gasteiger partial charge in [-0.25, -0.2) is 37.7 Å². The largest absolute Gasteiger partial charge is 0.456 e. The smallest absolute Gasteiger partial charge is 0.417 e. The van der Waals surface area contributed by atoms with Crippen LogP contribution in [0.4, 0.5) is 18.4 Å². The van der Waals surface area contributed by atoms with Gasteiger partial charge in [-0.2, -0.15) is 0 Å². The van der Waals surface area contributed by atoms with Gasteiger partial charge in [-0.1, -0.05) is 198 Å². The fourth-order valence-electron chi connectivity index (χ4n) is 25.5. The van der Waals surface area contributed by atoms with E-state index in [1.165, 1.54) is 56.6 Å². The summed E-state index contributed by atoms with van der Waals surface area (Å²) < 4.78 is 127. The van der Waals surface area contributed by atoms with Crippen molar-refractivity contribution in [2.75, 3.05) is 13.2 Å². The van der Waals surface area contributed by atoms with Crippen LogP contribution in [0.15, 0.2) is 169 Å². The first-order valence-corrected chi connectivity index (χ1v) is 53.7. The molecule has 2 aromatic heterocycles. The molecule has 30 nitrogen and oxygen atoms in total. The number of nitrogens with one attached hydrogen (secondary N) is 1. The highest BCUT2D eigenvalue weighted by Crippen LogP contribution is 2.69. The minimum Gasteiger partial charge on any atom is -0.456 e. The first-order valence-electron chi connectivity index (χ1n) is 49.4. The number of benzene rings is 2. The van der Waals surface area contributed by atoms with Crippen LogP contribution in [0.2, 0.25) is 33.2 Å². The molecule has 0 spiro atoms. The Kier molecular flexibility index (Phi) is 31.3. The summed E-state index contributed by atoms with van der Waals surface area (Å²) in [6.07, 6.45) is -3.03. The Morgan fingerprint density at radius 3 is 1.38 bits per heavy atom. The second kappa shape index (κ2) is 40.4. The summed E-state index contributed by atoms with van der Waals surface area (Å²) in [5.74, 6) is -7.36. The van der Waals surface area contributed by atoms with Crippen LogP contribution < -0.4 is 5.32 Å². The van der Waals surface area contributed by atoms with Gasteiger partial charge in [0, 0.05) is 60.7 Å². The first-order chi connectivity index (χ1) is 66.1. The number of likely N-dealkylation sites (tertiary alicyclic amines) is 1. The highest BCUT2D eigenvalue weighted by Gasteiger charge is 2.79. The van der Waals surface area contributed by atoms with E-state index in [0.29, 0.717) is 27.9 Å². The highest BCUT2D eigenvalue weighted by atomic mass is 28.4. The van der Waals surface area contributed by atoms with Crippen molar-refractivity contribution in [3.63, 3.8) is 0 Å². The number of alkyl carbamates (subject to hydrolysis) is 1. The first kappa shape index (κ1) is 110. The maximum atomic E-state index is 16.2. The number of nitrogens with zero attached hydrogens (tertiary/aromatic N) is 3. The molecule has 24 atom stereocenters. The summed E-state index contributed by atoms with van der Waals surface area (Å²) >= 11 is 0. The third-order valence-corrected chi connectivity index (χ3v) is 44.0. The van der Waals surface area contributed by atoms with E-state index in [1.54, 1.807) is 121 Å². The summed E-state index contributed by atoms with van der Waals surface area (Å²) in [4.78, 5) is 119. The van der Waals surface area contributed by atoms with Gasteiger partial charge in [0.2, 0.25) is 16.6 Å². The van der Waals surface area contributed by atoms with Gasteiger partial charge in [0.05, 0.1) is 42.3 Å². The molecule has 15 rings (SSSR count). The van der Waals surface area contributed by atoms with Crippen LogP contribution in [0.25, 0.3) is 0 Å². The molecule has 776 valence electrons. The second-order valence-electron chi connectivity index (χ2n) is 45.1. The van der Waals surface area contributed by atoms with E-state index in [2.05, 4.69) is 70.0 Å². The number of rotatable bonds is 24. The molecule has 11 aliphatic rings. The van der Waals surface area contributed by atoms with Gasteiger partial charge >= 0.3 is 42.0 Å². The van der Waals surface area contributed by atoms with Gasteiger partial charge in [0.15, 0.2) is 36.0 Å². The summed E-state index contributed by atoms with van der Waals surface area (Å²) in [7, 11) is -5.59. The van der Waals surface area contributed by atoms with E-state index < -0.39 is 241 Å². The van der Waals surface area contributed by atoms with E-state index in [4.69, 9.17) is 70.4 Å². The Morgan fingerprint density at radius 1 is 0.563 bits per heavy atom. The number of carbonyl (C=O) groups excluding carboxylic acids is 8. The zero-order valence-electron chi connectivity index (χ0n) is 87.1. The Bertz CT molecular complexity index is 5520. The van der Waals surface area contributed by atoms with E-state index in [0.717, 1.165) is 4.90 Å². The summed E-state index contributed by atoms with van der Waals surface area (Å²) in [6.45, 7) is 60.2. The van der Waals surface area contributed by atoms with Crippen molar-refractivity contribution in [2.45, 2.75) is 371 Å². The summed E-state index contributed by atoms with van der Waals surface area (Å²) in [6, 6.07) is 19.7. The molecule has 5 aliphatic heterocycles. The van der Waals surface area contributed by atoms with Crippen molar-refractivity contribution in [3.8, 4) is 0 Å². The minimum absolute atomic E-state index is 0.0205. The van der Waals surface area contributed by atoms with E-state index in [-0.39, 0.29) is 76.3 Å². The number of carbonyl (C=O) groups is 8. The zero-order valence-corrected chi connectivity index (χ0v) is 89.1. The molecular formula is C108H146F2N4O26Si2. The molecule has 4 bridgehead atoms. The number of hydrogen-bond donors (Lipinski definition) is 4. The van der Waals surface area contributed by atoms with E-state index >= 15 is 9.18 Å². The topological polar surface area (TPSA) is 377 Å². The van der Waals surface area contributed by atoms with Crippen LogP contribution in [0.5, 0.6) is 0 Å². The number of aliphatic hydroxyl groups is 3. The average Bonchev–Trinajstić information content (AvgIpc) is 1.19. The molecule has 2 saturated carbocycles. The van der Waals surface area contributed by atoms with Crippen molar-refractivity contribution in [1.29, 1.82) is 0 Å². The quantitative estimate of drug-likeness (QED) is 0.0166. The molecule has 2 aromatic carbocycles. The van der Waals surface area contributed by atoms with Crippen molar-refractivity contribution in [3.05, 3.63) is 203 Å². The lowest BCUT2D eigenvalue weighted by Crippen LogP contribution is -2.78. The molecule has 142 heavy (non-hydrogen) atoms. The van der Waals surface area contributed by atoms with E-state index in [9.17, 15) is 53.3 Å². The zero-order chi connectivity index (χ0) is 105. The van der Waals surface area contributed by atoms with Gasteiger partial charge in [-0.05, 0) is 172 Å². The predicted molar refractivity (Wildman–Crippen MR) is 525 cm³/mol. The van der Waals surface area contributed by atoms with Gasteiger partial charge in [-0.3, -0.25) is 24.4 Å². The van der Waals surface area contributed by atoms with Crippen molar-refractivity contribution in [2.24, 2.45) is 33.5 Å². The summed E-state index contributed by atoms with van der Waals surface area (Å²) in [5, 5.41) is 41.3. The minimum atomic E-state index is -3.14. The van der Waals surface area contributed by atoms with Crippen molar-refractivity contribution in [1.82, 2.24) is 20.2 Å². The molecule has 0 radical (unpaired) electrons. The molecule has 7 fully saturated rings. The maximum absolute atomic E-state index is 16.2. The van der Waals surface area contributed by atoms with Crippen LogP contribution in [0.3, 0.4) is 0 Å². The highest BCUT2D eigenvalue weighted by molar-refractivity contribution is 6.78. The lowest BCUT2D eigenvalue weighted by atomic mass is 9.46. The second-order valence-corrected chi connectivity index (χ2v) is 56.0. The molecule has 4 N–H and O–H groups in total. The standard InChI is InChI=1S/C54H73FN2O13Si.C32H38O9.C22H35FN2O4Si/c1-16-38-65-42-39-32(8)36(64-48(60)43(70-71(29(2)3,30(4)5)31(6)7)41(40-35(55)23-20-26-56-40)57-49(61)69-50(10,11)12)27-54(62,51(39,13)14)46(67-47(59)34-21-18-17-19-22-34)44-52(15,45(42)66-38)25-24-37-53(44,28-63-37)68-33(9)58;1-7-22-38-24-23-17(2)20(34)15-32(36,29(23,4)5)27(40-28(35)19-11-9-8-10-12-19)25-30(6,26(24)39-22)14-13-21-31(25,16-37-21)41-18(3)33;1-13(2)30(14(3)4,15(5)6)29-19-18(17-16(23)11-10-12-24-17)25(20(19)26)21(27)28-22(7,8)9/h16-26,29-31,36-38,41-46,62H,1,27-28H2,2-15H3,(H,57,61);7-14,20-22,24-27,34,36H,1,15-16H2,2-6H3;10-15,18-19H,1-9H3/t36-,37+,38+,41-,42+,43+,44-,45+,46-,52+,53-,54+;20-,21+,22+,24+,25-,26+,27-,30+,31-,32+;/m00./s1. The Labute approximate surface area is 834 Å². The van der Waals surface area contributed by atoms with Gasteiger partial charge in [0.1, 0.15) is 112 Å². The molecular weight excluding hydrogens is 1860 g/mol. The van der Waals surface area contributed by atoms with Crippen molar-refractivity contribution < 1.29 is 133 Å². The van der Waals surface area contributed by atoms with Gasteiger partial charge in [-0.15, -0.1) is 0 Å². The number of aromatic nitrogens is 2. The number of ether oxygens (including phenoxy) is 13. The van der Waals surface area contributed by atoms with E-state index in [1.807, 2.05) is 108 Å². The van der Waals surface area contributed by atoms with Crippen LogP contribution in [0.1, 0.15) is 251 Å². The molecule has 4 aromatic rings. The molecule has 7 heterocycles. The number of halogens is 2. The molecule has 2 unspecified atom stereocenters. The molecule has 5 saturated heterocycles. The number of β-lactam (4-membered cyclic amide) rings is 1. The van der Waals surface area contributed by atoms with Crippen LogP contribution in [0, 0.1) is 45.1 Å². The van der Waals surface area contributed by atoms with Gasteiger partial charge in [0.25, 0.3) is 5.91 Å². The Balaban J connectivity index is 0.000000200. The SMILES string of the molecule is C=C[C@@H]1O[C@@H]2C3=C(C)[C@@H](O)C[C@@](O)([C@@H](OC(=O)c4ccccc4)[C@H]4[C@@](C)(C=C[C@H]5OC[C@]54OC(C)=O)[C@@H]2O1)C3(C)C.C=C[C@@H]1O[C@@H]2C3=C(C)[C@@H](OC(=O)[C@H](O[Si](C(C)C)(C(C)C)C(C)C)[C@@H](NC(=O)OC(C)(C)C)c4ncccc4F)C[C@@](O)([C@@H](OC(=O)c4ccccc4)[C@H]4[C@@](C)(C=C[C@H]5OC[C@]54OC(C)=O)[C@@H]2O1)C3(C)C.CC(C)[Si](OC1C(=O)N(C(=O)OC(C)(C)C)C1c1ncccc1F)(C(C)C)C(C)C. The number of amides is 3. The number of aliphatic hydroxyl groups excluding tert-OH is 1. The monoisotopic (exact) mass is 2010 g/mol. The van der Waals surface area contributed by atoms with Gasteiger partial charge < -0.3 is 91.1 Å². The molecule has 6 aliphatic carbocycles. The predicted octanol–water partition coefficient (Wildman–Crippen LogP) is 18.0. The fourth-order valence-corrected chi connectivity index (χ4v) is 36.4. The van der Waals surface area contributed by atoms with Crippen LogP contribution in [-0.2, 0) is 89.6 Å². The fraction of sp³-hybridized carbons (Fsp3) is 0.611. The normalized spacial score (nSPS) is 32.8. The summed E-state index contributed by atoms with van der Waals surface area (Å²) in [5.41, 5.74) is -10.1. The number of esters is 5. The average molecular weight is 2010 g/mol. The lowest BCUT2D eigenvalue weighted by molar-refractivity contribution is -0.316. The van der Waals surface area contributed by atoms with Crippen LogP contribution >= 0.6 is 0 Å². The molecule has 3 amide bonds. The number of fused-ring (bicyclic) bond motifs is 16. The lowest BCUT2D eigenvalue weighted by Gasteiger charge is -2.66. The number of hydrogen-bond acceptors (Lipinski definition) is 28. The Morgan fingerprint density at radius 2 is 0.986 bits per heavy atom. The third-order valence-electron chi connectivity index (χ3n) is 31.8. The third kappa shape index (κ3) is 19.1. The maximum Gasteiger partial charge on any atom is 0.417 e. The number of imide groups is 1. The number of pyridine rings is 2. The van der Waals surface area contributed by atoms with Crippen molar-refractivity contribution >= 4 is 64.6 Å².